The van der Waals surface area contributed by atoms with E-state index in [0.29, 0.717) is 11.6 Å². The number of carbonyl (C=O) groups is 1. The predicted octanol–water partition coefficient (Wildman–Crippen LogP) is 2.00. The highest BCUT2D eigenvalue weighted by atomic mass is 16.4. The third kappa shape index (κ3) is 1.58. The first-order valence-electron chi connectivity index (χ1n) is 5.75. The Morgan fingerprint density at radius 1 is 1.47 bits per heavy atom. The van der Waals surface area contributed by atoms with Gasteiger partial charge in [0.05, 0.1) is 0 Å². The number of hydrogen-bond acceptors (Lipinski definition) is 3. The van der Waals surface area contributed by atoms with Crippen LogP contribution in [-0.2, 0) is 0 Å². The molecule has 0 saturated heterocycles. The monoisotopic (exact) mass is 231 g/mol. The third-order valence-electron chi connectivity index (χ3n) is 3.39. The molecule has 0 radical (unpaired) electrons. The predicted molar refractivity (Wildman–Crippen MR) is 61.3 cm³/mol. The lowest BCUT2D eigenvalue weighted by Gasteiger charge is -2.24. The van der Waals surface area contributed by atoms with Crippen molar-refractivity contribution in [3.63, 3.8) is 0 Å². The Bertz CT molecular complexity index is 599. The van der Waals surface area contributed by atoms with Crippen molar-refractivity contribution in [3.05, 3.63) is 29.5 Å². The van der Waals surface area contributed by atoms with Crippen molar-refractivity contribution in [2.75, 3.05) is 0 Å². The molecule has 88 valence electrons. The quantitative estimate of drug-likeness (QED) is 0.858. The van der Waals surface area contributed by atoms with Gasteiger partial charge in [0.1, 0.15) is 11.5 Å². The van der Waals surface area contributed by atoms with Gasteiger partial charge in [0, 0.05) is 23.9 Å². The van der Waals surface area contributed by atoms with E-state index in [4.69, 9.17) is 5.11 Å². The van der Waals surface area contributed by atoms with Crippen LogP contribution < -0.4 is 0 Å². The van der Waals surface area contributed by atoms with Crippen LogP contribution in [0, 0.1) is 6.92 Å². The number of aromatic nitrogens is 3. The van der Waals surface area contributed by atoms with Crippen molar-refractivity contribution in [2.24, 2.45) is 0 Å². The Morgan fingerprint density at radius 3 is 2.82 bits per heavy atom. The molecule has 1 fully saturated rings. The molecule has 0 bridgehead atoms. The zero-order valence-electron chi connectivity index (χ0n) is 9.55. The fourth-order valence-electron chi connectivity index (χ4n) is 2.18. The first kappa shape index (κ1) is 10.3. The number of rotatable bonds is 2. The maximum absolute atomic E-state index is 10.9. The number of carboxylic acids is 1. The summed E-state index contributed by atoms with van der Waals surface area (Å²) in [5.74, 6) is 0.325. The lowest BCUT2D eigenvalue weighted by Crippen LogP contribution is -2.12. The molecule has 1 N–H and O–H groups in total. The first-order valence-corrected chi connectivity index (χ1v) is 5.75. The minimum absolute atomic E-state index is 0.0701. The molecule has 0 atom stereocenters. The van der Waals surface area contributed by atoms with Gasteiger partial charge in [0.15, 0.2) is 5.69 Å². The molecule has 3 rings (SSSR count). The van der Waals surface area contributed by atoms with Gasteiger partial charge in [-0.1, -0.05) is 6.42 Å². The van der Waals surface area contributed by atoms with Gasteiger partial charge in [0.2, 0.25) is 0 Å². The lowest BCUT2D eigenvalue weighted by molar-refractivity contribution is 0.0691. The van der Waals surface area contributed by atoms with Crippen molar-refractivity contribution in [1.82, 2.24) is 14.4 Å². The third-order valence-corrected chi connectivity index (χ3v) is 3.39. The minimum Gasteiger partial charge on any atom is -0.476 e. The van der Waals surface area contributed by atoms with Gasteiger partial charge in [-0.3, -0.25) is 4.40 Å². The molecule has 1 aliphatic carbocycles. The van der Waals surface area contributed by atoms with Gasteiger partial charge in [0.25, 0.3) is 0 Å². The lowest BCUT2D eigenvalue weighted by atomic mass is 9.83. The van der Waals surface area contributed by atoms with E-state index in [9.17, 15) is 4.79 Å². The molecule has 5 heteroatoms. The van der Waals surface area contributed by atoms with E-state index >= 15 is 0 Å². The summed E-state index contributed by atoms with van der Waals surface area (Å²) in [6, 6.07) is 1.91. The zero-order chi connectivity index (χ0) is 12.0. The van der Waals surface area contributed by atoms with E-state index in [1.807, 2.05) is 13.0 Å². The summed E-state index contributed by atoms with van der Waals surface area (Å²) in [6.45, 7) is 1.88. The van der Waals surface area contributed by atoms with Crippen LogP contribution in [-0.4, -0.2) is 25.4 Å². The van der Waals surface area contributed by atoms with Crippen LogP contribution in [0.5, 0.6) is 0 Å². The van der Waals surface area contributed by atoms with E-state index in [1.165, 1.54) is 25.5 Å². The van der Waals surface area contributed by atoms with Crippen LogP contribution in [0.1, 0.15) is 47.2 Å². The summed E-state index contributed by atoms with van der Waals surface area (Å²) in [6.07, 6.45) is 5.13. The van der Waals surface area contributed by atoms with Gasteiger partial charge in [-0.15, -0.1) is 0 Å². The molecule has 17 heavy (non-hydrogen) atoms. The molecule has 2 aromatic rings. The van der Waals surface area contributed by atoms with Crippen molar-refractivity contribution in [1.29, 1.82) is 0 Å². The summed E-state index contributed by atoms with van der Waals surface area (Å²) in [7, 11) is 0. The second-order valence-corrected chi connectivity index (χ2v) is 4.52. The van der Waals surface area contributed by atoms with Crippen LogP contribution >= 0.6 is 0 Å². The average molecular weight is 231 g/mol. The highest BCUT2D eigenvalue weighted by Gasteiger charge is 2.22. The maximum Gasteiger partial charge on any atom is 0.356 e. The van der Waals surface area contributed by atoms with Crippen molar-refractivity contribution < 1.29 is 9.90 Å². The van der Waals surface area contributed by atoms with E-state index in [2.05, 4.69) is 9.97 Å². The van der Waals surface area contributed by atoms with E-state index < -0.39 is 5.97 Å². The van der Waals surface area contributed by atoms with E-state index in [0.717, 1.165) is 11.5 Å². The molecule has 2 heterocycles. The van der Waals surface area contributed by atoms with Gasteiger partial charge in [-0.2, -0.15) is 0 Å². The van der Waals surface area contributed by atoms with Crippen molar-refractivity contribution >= 4 is 11.6 Å². The van der Waals surface area contributed by atoms with Gasteiger partial charge in [-0.05, 0) is 19.8 Å². The van der Waals surface area contributed by atoms with Crippen LogP contribution in [0.15, 0.2) is 12.3 Å². The van der Waals surface area contributed by atoms with Gasteiger partial charge < -0.3 is 5.11 Å². The van der Waals surface area contributed by atoms with Crippen molar-refractivity contribution in [2.45, 2.75) is 32.1 Å². The second kappa shape index (κ2) is 3.55. The number of aromatic carboxylic acids is 1. The van der Waals surface area contributed by atoms with Crippen LogP contribution in [0.25, 0.3) is 5.65 Å². The van der Waals surface area contributed by atoms with Crippen LogP contribution in [0.2, 0.25) is 0 Å². The SMILES string of the molecule is Cc1nc(C2CCC2)cc2nc(C(=O)O)cn12. The number of hydrogen-bond donors (Lipinski definition) is 1. The topological polar surface area (TPSA) is 67.5 Å². The van der Waals surface area contributed by atoms with Crippen molar-refractivity contribution in [3.8, 4) is 0 Å². The Morgan fingerprint density at radius 2 is 2.24 bits per heavy atom. The maximum atomic E-state index is 10.9. The zero-order valence-corrected chi connectivity index (χ0v) is 9.55. The Balaban J connectivity index is 2.14. The minimum atomic E-state index is -1.00. The van der Waals surface area contributed by atoms with Gasteiger partial charge in [-0.25, -0.2) is 14.8 Å². The Hall–Kier alpha value is -1.91. The number of nitrogens with zero attached hydrogens (tertiary/aromatic N) is 3. The summed E-state index contributed by atoms with van der Waals surface area (Å²) >= 11 is 0. The average Bonchev–Trinajstić information content (AvgIpc) is 2.59. The molecule has 1 aliphatic rings. The molecular formula is C12H13N3O2. The molecular weight excluding hydrogens is 218 g/mol. The molecule has 5 nitrogen and oxygen atoms in total. The highest BCUT2D eigenvalue weighted by molar-refractivity contribution is 5.86. The number of imidazole rings is 1. The number of aryl methyl sites for hydroxylation is 1. The Kier molecular flexibility index (Phi) is 2.14. The van der Waals surface area contributed by atoms with Crippen LogP contribution in [0.4, 0.5) is 0 Å². The fraction of sp³-hybridized carbons (Fsp3) is 0.417. The molecule has 0 spiro atoms. The molecule has 0 aromatic carbocycles. The highest BCUT2D eigenvalue weighted by Crippen LogP contribution is 2.35. The van der Waals surface area contributed by atoms with E-state index in [-0.39, 0.29) is 5.69 Å². The summed E-state index contributed by atoms with van der Waals surface area (Å²) < 4.78 is 1.73. The van der Waals surface area contributed by atoms with E-state index in [1.54, 1.807) is 4.40 Å². The summed E-state index contributed by atoms with van der Waals surface area (Å²) in [5.41, 5.74) is 1.79. The largest absolute Gasteiger partial charge is 0.476 e. The fourth-order valence-corrected chi connectivity index (χ4v) is 2.18. The van der Waals surface area contributed by atoms with Gasteiger partial charge >= 0.3 is 5.97 Å². The summed E-state index contributed by atoms with van der Waals surface area (Å²) in [5, 5.41) is 8.92. The smallest absolute Gasteiger partial charge is 0.356 e. The molecule has 1 saturated carbocycles. The standard InChI is InChI=1S/C12H13N3O2/c1-7-13-9(8-3-2-4-8)5-11-14-10(12(16)17)6-15(7)11/h5-6,8H,2-4H2,1H3,(H,16,17). The number of carboxylic acid groups (broad SMARTS) is 1. The summed E-state index contributed by atoms with van der Waals surface area (Å²) in [4.78, 5) is 19.5. The molecule has 2 aromatic heterocycles. The van der Waals surface area contributed by atoms with Crippen LogP contribution in [0.3, 0.4) is 0 Å². The Labute approximate surface area is 98.1 Å². The molecule has 0 unspecified atom stereocenters. The number of fused-ring (bicyclic) bond motifs is 1. The first-order chi connectivity index (χ1) is 8.15. The molecule has 0 aliphatic heterocycles. The second-order valence-electron chi connectivity index (χ2n) is 4.52. The molecule has 0 amide bonds. The normalized spacial score (nSPS) is 16.1.